The second-order valence-corrected chi connectivity index (χ2v) is 6.55. The van der Waals surface area contributed by atoms with Gasteiger partial charge in [-0.25, -0.2) is 8.42 Å². The molecule has 0 aliphatic rings. The summed E-state index contributed by atoms with van der Waals surface area (Å²) in [4.78, 5) is 4.11. The normalized spacial score (nSPS) is 12.3. The third-order valence-corrected chi connectivity index (χ3v) is 2.69. The van der Waals surface area contributed by atoms with Gasteiger partial charge < -0.3 is 15.8 Å². The molecule has 0 heterocycles. The van der Waals surface area contributed by atoms with Crippen molar-refractivity contribution in [2.75, 3.05) is 38.3 Å². The predicted octanol–water partition coefficient (Wildman–Crippen LogP) is 0.226. The average Bonchev–Trinajstić information content (AvgIpc) is 2.18. The lowest BCUT2D eigenvalue weighted by Gasteiger charge is -2.07. The third-order valence-electron chi connectivity index (χ3n) is 1.78. The lowest BCUT2D eigenvalue weighted by Crippen LogP contribution is -2.34. The molecule has 110 valence electrons. The monoisotopic (exact) mass is 393 g/mol. The van der Waals surface area contributed by atoms with Crippen molar-refractivity contribution in [3.05, 3.63) is 0 Å². The summed E-state index contributed by atoms with van der Waals surface area (Å²) < 4.78 is 26.7. The summed E-state index contributed by atoms with van der Waals surface area (Å²) in [6.45, 7) is 5.96. The fraction of sp³-hybridized carbons (Fsp3) is 0.900. The fourth-order valence-electron chi connectivity index (χ4n) is 0.900. The third kappa shape index (κ3) is 15.9. The smallest absolute Gasteiger partial charge is 0.188 e. The van der Waals surface area contributed by atoms with Gasteiger partial charge in [-0.2, -0.15) is 0 Å². The lowest BCUT2D eigenvalue weighted by atomic mass is 10.2. The summed E-state index contributed by atoms with van der Waals surface area (Å²) in [5, 5.41) is 2.89. The molecule has 18 heavy (non-hydrogen) atoms. The molecule has 3 N–H and O–H groups in total. The van der Waals surface area contributed by atoms with Crippen LogP contribution >= 0.6 is 24.0 Å². The van der Waals surface area contributed by atoms with Gasteiger partial charge in [-0.3, -0.25) is 4.99 Å². The molecule has 0 aliphatic heterocycles. The minimum Gasteiger partial charge on any atom is -0.379 e. The molecular weight excluding hydrogens is 369 g/mol. The first-order valence-corrected chi connectivity index (χ1v) is 7.66. The minimum absolute atomic E-state index is 0. The van der Waals surface area contributed by atoms with Gasteiger partial charge in [0.05, 0.1) is 19.0 Å². The van der Waals surface area contributed by atoms with Crippen LogP contribution in [0.1, 0.15) is 13.8 Å². The number of halogens is 1. The van der Waals surface area contributed by atoms with Crippen molar-refractivity contribution >= 4 is 39.8 Å². The van der Waals surface area contributed by atoms with Crippen LogP contribution in [0.3, 0.4) is 0 Å². The molecule has 6 nitrogen and oxygen atoms in total. The highest BCUT2D eigenvalue weighted by molar-refractivity contribution is 14.0. The molecule has 0 saturated heterocycles. The Morgan fingerprint density at radius 1 is 1.39 bits per heavy atom. The van der Waals surface area contributed by atoms with Gasteiger partial charge in [0, 0.05) is 19.3 Å². The van der Waals surface area contributed by atoms with Crippen LogP contribution in [-0.2, 0) is 14.6 Å². The number of rotatable bonds is 8. The van der Waals surface area contributed by atoms with Crippen LogP contribution in [0, 0.1) is 5.92 Å². The molecule has 0 unspecified atom stereocenters. The van der Waals surface area contributed by atoms with Crippen LogP contribution < -0.4 is 11.1 Å². The number of guanidine groups is 1. The standard InChI is InChI=1S/C10H23N3O3S.HI/c1-9(2)8-13-10(11)12-4-5-16-6-7-17(3,14)15;/h9H,4-8H2,1-3H3,(H3,11,12,13);1H. The second kappa shape index (κ2) is 10.8. The summed E-state index contributed by atoms with van der Waals surface area (Å²) in [7, 11) is -2.94. The lowest BCUT2D eigenvalue weighted by molar-refractivity contribution is 0.154. The van der Waals surface area contributed by atoms with Crippen molar-refractivity contribution in [2.45, 2.75) is 13.8 Å². The molecule has 0 aromatic carbocycles. The Hall–Kier alpha value is -0.0900. The molecule has 0 bridgehead atoms. The number of nitrogens with two attached hydrogens (primary N) is 1. The molecule has 0 aliphatic carbocycles. The Labute approximate surface area is 127 Å². The number of nitrogens with zero attached hydrogens (tertiary/aromatic N) is 1. The quantitative estimate of drug-likeness (QED) is 0.267. The highest BCUT2D eigenvalue weighted by Gasteiger charge is 2.01. The van der Waals surface area contributed by atoms with Crippen LogP contribution in [0.2, 0.25) is 0 Å². The first-order chi connectivity index (χ1) is 7.81. The van der Waals surface area contributed by atoms with Crippen molar-refractivity contribution in [2.24, 2.45) is 16.6 Å². The fourth-order valence-corrected chi connectivity index (χ4v) is 1.32. The van der Waals surface area contributed by atoms with Gasteiger partial charge in [0.1, 0.15) is 9.84 Å². The Morgan fingerprint density at radius 3 is 2.50 bits per heavy atom. The Balaban J connectivity index is 0. The van der Waals surface area contributed by atoms with Crippen molar-refractivity contribution < 1.29 is 13.2 Å². The van der Waals surface area contributed by atoms with Crippen molar-refractivity contribution in [3.8, 4) is 0 Å². The zero-order valence-corrected chi connectivity index (χ0v) is 14.3. The van der Waals surface area contributed by atoms with E-state index in [4.69, 9.17) is 10.5 Å². The predicted molar refractivity (Wildman–Crippen MR) is 85.3 cm³/mol. The van der Waals surface area contributed by atoms with Crippen LogP contribution in [-0.4, -0.2) is 52.7 Å². The maximum Gasteiger partial charge on any atom is 0.188 e. The van der Waals surface area contributed by atoms with Gasteiger partial charge in [0.2, 0.25) is 0 Å². The molecule has 0 aromatic rings. The van der Waals surface area contributed by atoms with Crippen LogP contribution in [0.15, 0.2) is 4.99 Å². The first-order valence-electron chi connectivity index (χ1n) is 5.60. The highest BCUT2D eigenvalue weighted by Crippen LogP contribution is 1.90. The zero-order chi connectivity index (χ0) is 13.3. The van der Waals surface area contributed by atoms with E-state index in [0.717, 1.165) is 0 Å². The molecule has 0 amide bonds. The zero-order valence-electron chi connectivity index (χ0n) is 11.2. The van der Waals surface area contributed by atoms with E-state index < -0.39 is 9.84 Å². The largest absolute Gasteiger partial charge is 0.379 e. The molecule has 0 fully saturated rings. The second-order valence-electron chi connectivity index (χ2n) is 4.29. The maximum atomic E-state index is 10.8. The van der Waals surface area contributed by atoms with Gasteiger partial charge in [0.15, 0.2) is 5.96 Å². The number of aliphatic imine (C=N–C) groups is 1. The Morgan fingerprint density at radius 2 is 2.00 bits per heavy atom. The summed E-state index contributed by atoms with van der Waals surface area (Å²) in [5.41, 5.74) is 5.59. The molecule has 0 atom stereocenters. The molecule has 0 spiro atoms. The van der Waals surface area contributed by atoms with E-state index in [2.05, 4.69) is 24.2 Å². The molecule has 0 radical (unpaired) electrons. The summed E-state index contributed by atoms with van der Waals surface area (Å²) in [6.07, 6.45) is 1.19. The van der Waals surface area contributed by atoms with Crippen molar-refractivity contribution in [1.82, 2.24) is 5.32 Å². The van der Waals surface area contributed by atoms with E-state index >= 15 is 0 Å². The van der Waals surface area contributed by atoms with E-state index in [1.54, 1.807) is 0 Å². The van der Waals surface area contributed by atoms with Gasteiger partial charge >= 0.3 is 0 Å². The Bertz CT molecular complexity index is 331. The van der Waals surface area contributed by atoms with E-state index in [0.29, 0.717) is 31.6 Å². The molecule has 8 heteroatoms. The Kier molecular flexibility index (Phi) is 12.1. The molecule has 0 saturated carbocycles. The van der Waals surface area contributed by atoms with E-state index in [1.807, 2.05) is 0 Å². The van der Waals surface area contributed by atoms with Crippen LogP contribution in [0.25, 0.3) is 0 Å². The number of hydrogen-bond acceptors (Lipinski definition) is 4. The molecule has 0 aromatic heterocycles. The average molecular weight is 393 g/mol. The number of hydrogen-bond donors (Lipinski definition) is 2. The summed E-state index contributed by atoms with van der Waals surface area (Å²) in [6, 6.07) is 0. The topological polar surface area (TPSA) is 93.8 Å². The van der Waals surface area contributed by atoms with E-state index in [1.165, 1.54) is 6.26 Å². The van der Waals surface area contributed by atoms with E-state index in [-0.39, 0.29) is 36.3 Å². The maximum absolute atomic E-state index is 10.8. The van der Waals surface area contributed by atoms with Crippen molar-refractivity contribution in [1.29, 1.82) is 0 Å². The van der Waals surface area contributed by atoms with Gasteiger partial charge in [-0.05, 0) is 5.92 Å². The van der Waals surface area contributed by atoms with Gasteiger partial charge in [-0.15, -0.1) is 24.0 Å². The van der Waals surface area contributed by atoms with E-state index in [9.17, 15) is 8.42 Å². The summed E-state index contributed by atoms with van der Waals surface area (Å²) in [5.74, 6) is 0.913. The molecular formula is C10H24IN3O3S. The molecule has 0 rings (SSSR count). The van der Waals surface area contributed by atoms with Gasteiger partial charge in [-0.1, -0.05) is 13.8 Å². The number of sulfone groups is 1. The number of nitrogens with one attached hydrogen (secondary N) is 1. The van der Waals surface area contributed by atoms with Crippen LogP contribution in [0.4, 0.5) is 0 Å². The number of ether oxygens (including phenoxy) is 1. The highest BCUT2D eigenvalue weighted by atomic mass is 127. The van der Waals surface area contributed by atoms with Crippen molar-refractivity contribution in [3.63, 3.8) is 0 Å². The van der Waals surface area contributed by atoms with Gasteiger partial charge in [0.25, 0.3) is 0 Å². The SMILES string of the molecule is CC(C)CN=C(N)NCCOCCS(C)(=O)=O.I. The first kappa shape index (κ1) is 20.2. The minimum atomic E-state index is -2.94. The van der Waals surface area contributed by atoms with Crippen LogP contribution in [0.5, 0.6) is 0 Å². The summed E-state index contributed by atoms with van der Waals surface area (Å²) >= 11 is 0.